The average molecular weight is 381 g/mol. The molecule has 0 spiro atoms. The van der Waals surface area contributed by atoms with E-state index >= 15 is 0 Å². The van der Waals surface area contributed by atoms with E-state index in [4.69, 9.17) is 4.74 Å². The number of methoxy groups -OCH3 is 1. The molecule has 0 aliphatic heterocycles. The average Bonchev–Trinajstić information content (AvgIpc) is 3.26. The molecule has 0 saturated heterocycles. The molecule has 4 rings (SSSR count). The summed E-state index contributed by atoms with van der Waals surface area (Å²) in [7, 11) is 1.63. The van der Waals surface area contributed by atoms with Crippen LogP contribution in [0.3, 0.4) is 0 Å². The lowest BCUT2D eigenvalue weighted by Crippen LogP contribution is -2.23. The number of thiazole rings is 1. The standard InChI is InChI=1S/C20H16FN3O2S/c1-26-15-7-4-6-13(9-15)18-12-24-11-17(23-20(24)27-18)19(25)22-10-14-5-2-3-8-16(14)21/h2-9,11-12H,10H2,1H3,(H,22,25). The number of hydrogen-bond acceptors (Lipinski definition) is 4. The zero-order valence-electron chi connectivity index (χ0n) is 14.5. The molecule has 0 unspecified atom stereocenters. The molecular weight excluding hydrogens is 365 g/mol. The van der Waals surface area contributed by atoms with E-state index in [0.29, 0.717) is 16.2 Å². The molecule has 0 fully saturated rings. The van der Waals surface area contributed by atoms with Gasteiger partial charge in [0.25, 0.3) is 5.91 Å². The molecule has 2 aromatic heterocycles. The van der Waals surface area contributed by atoms with Gasteiger partial charge in [-0.05, 0) is 23.8 Å². The van der Waals surface area contributed by atoms with Crippen molar-refractivity contribution in [2.45, 2.75) is 6.54 Å². The van der Waals surface area contributed by atoms with Crippen LogP contribution in [0.2, 0.25) is 0 Å². The second kappa shape index (κ2) is 7.20. The molecule has 2 aromatic carbocycles. The van der Waals surface area contributed by atoms with Crippen LogP contribution >= 0.6 is 11.3 Å². The van der Waals surface area contributed by atoms with Gasteiger partial charge in [0.2, 0.25) is 0 Å². The highest BCUT2D eigenvalue weighted by atomic mass is 32.1. The number of rotatable bonds is 5. The Labute approximate surface area is 159 Å². The van der Waals surface area contributed by atoms with Crippen LogP contribution < -0.4 is 10.1 Å². The highest BCUT2D eigenvalue weighted by Gasteiger charge is 2.14. The molecule has 0 aliphatic rings. The quantitative estimate of drug-likeness (QED) is 0.565. The van der Waals surface area contributed by atoms with E-state index in [2.05, 4.69) is 10.3 Å². The summed E-state index contributed by atoms with van der Waals surface area (Å²) < 4.78 is 20.7. The fourth-order valence-electron chi connectivity index (χ4n) is 2.72. The molecule has 1 amide bonds. The van der Waals surface area contributed by atoms with Crippen LogP contribution in [0, 0.1) is 5.82 Å². The largest absolute Gasteiger partial charge is 0.497 e. The van der Waals surface area contributed by atoms with Gasteiger partial charge in [0.1, 0.15) is 17.3 Å². The molecule has 27 heavy (non-hydrogen) atoms. The van der Waals surface area contributed by atoms with E-state index in [1.165, 1.54) is 17.4 Å². The smallest absolute Gasteiger partial charge is 0.271 e. The Bertz CT molecular complexity index is 1090. The van der Waals surface area contributed by atoms with Crippen molar-refractivity contribution in [2.24, 2.45) is 0 Å². The van der Waals surface area contributed by atoms with Crippen molar-refractivity contribution in [2.75, 3.05) is 7.11 Å². The number of amides is 1. The minimum Gasteiger partial charge on any atom is -0.497 e. The molecule has 136 valence electrons. The van der Waals surface area contributed by atoms with E-state index in [1.54, 1.807) is 31.5 Å². The highest BCUT2D eigenvalue weighted by molar-refractivity contribution is 7.20. The molecule has 7 heteroatoms. The van der Waals surface area contributed by atoms with Gasteiger partial charge in [-0.3, -0.25) is 9.20 Å². The van der Waals surface area contributed by atoms with E-state index < -0.39 is 0 Å². The lowest BCUT2D eigenvalue weighted by molar-refractivity contribution is 0.0946. The van der Waals surface area contributed by atoms with Gasteiger partial charge in [0.05, 0.1) is 12.0 Å². The van der Waals surface area contributed by atoms with Crippen LogP contribution in [0.25, 0.3) is 15.4 Å². The van der Waals surface area contributed by atoms with Gasteiger partial charge < -0.3 is 10.1 Å². The van der Waals surface area contributed by atoms with E-state index in [9.17, 15) is 9.18 Å². The zero-order chi connectivity index (χ0) is 18.8. The third-order valence-corrected chi connectivity index (χ3v) is 5.19. The van der Waals surface area contributed by atoms with Crippen molar-refractivity contribution in [1.82, 2.24) is 14.7 Å². The number of nitrogens with zero attached hydrogens (tertiary/aromatic N) is 2. The monoisotopic (exact) mass is 381 g/mol. The second-order valence-electron chi connectivity index (χ2n) is 5.92. The van der Waals surface area contributed by atoms with Crippen LogP contribution in [-0.4, -0.2) is 22.4 Å². The first-order valence-corrected chi connectivity index (χ1v) is 9.10. The van der Waals surface area contributed by atoms with Crippen LogP contribution in [0.5, 0.6) is 5.75 Å². The third-order valence-electron chi connectivity index (χ3n) is 4.14. The molecule has 2 heterocycles. The lowest BCUT2D eigenvalue weighted by Gasteiger charge is -2.04. The van der Waals surface area contributed by atoms with Gasteiger partial charge in [-0.1, -0.05) is 41.7 Å². The number of halogens is 1. The summed E-state index contributed by atoms with van der Waals surface area (Å²) in [5, 5.41) is 2.70. The van der Waals surface area contributed by atoms with E-state index in [1.807, 2.05) is 34.9 Å². The summed E-state index contributed by atoms with van der Waals surface area (Å²) in [6, 6.07) is 14.1. The Kier molecular flexibility index (Phi) is 4.60. The predicted molar refractivity (Wildman–Crippen MR) is 103 cm³/mol. The van der Waals surface area contributed by atoms with Gasteiger partial charge >= 0.3 is 0 Å². The van der Waals surface area contributed by atoms with Gasteiger partial charge in [-0.25, -0.2) is 9.37 Å². The van der Waals surface area contributed by atoms with Crippen molar-refractivity contribution in [3.05, 3.63) is 78.0 Å². The molecule has 1 N–H and O–H groups in total. The first-order valence-electron chi connectivity index (χ1n) is 8.28. The van der Waals surface area contributed by atoms with Crippen molar-refractivity contribution in [3.63, 3.8) is 0 Å². The number of ether oxygens (including phenoxy) is 1. The minimum absolute atomic E-state index is 0.117. The maximum atomic E-state index is 13.6. The number of imidazole rings is 1. The number of benzene rings is 2. The Morgan fingerprint density at radius 2 is 2.07 bits per heavy atom. The Balaban J connectivity index is 1.51. The summed E-state index contributed by atoms with van der Waals surface area (Å²) in [5.74, 6) is 0.107. The van der Waals surface area contributed by atoms with Gasteiger partial charge in [-0.15, -0.1) is 0 Å². The second-order valence-corrected chi connectivity index (χ2v) is 6.93. The first kappa shape index (κ1) is 17.2. The summed E-state index contributed by atoms with van der Waals surface area (Å²) in [6.45, 7) is 0.117. The molecule has 4 aromatic rings. The molecule has 5 nitrogen and oxygen atoms in total. The van der Waals surface area contributed by atoms with Crippen molar-refractivity contribution in [1.29, 1.82) is 0 Å². The van der Waals surface area contributed by atoms with Crippen LogP contribution in [0.4, 0.5) is 4.39 Å². The number of nitrogens with one attached hydrogen (secondary N) is 1. The van der Waals surface area contributed by atoms with Gasteiger partial charge in [0, 0.05) is 24.5 Å². The third kappa shape index (κ3) is 3.54. The lowest BCUT2D eigenvalue weighted by atomic mass is 10.2. The topological polar surface area (TPSA) is 55.6 Å². The summed E-state index contributed by atoms with van der Waals surface area (Å²) in [4.78, 5) is 18.4. The van der Waals surface area contributed by atoms with E-state index in [0.717, 1.165) is 16.2 Å². The van der Waals surface area contributed by atoms with Crippen LogP contribution in [0.1, 0.15) is 16.1 Å². The van der Waals surface area contributed by atoms with Crippen molar-refractivity contribution in [3.8, 4) is 16.2 Å². The number of carbonyl (C=O) groups excluding carboxylic acids is 1. The van der Waals surface area contributed by atoms with Gasteiger partial charge in [-0.2, -0.15) is 0 Å². The fourth-order valence-corrected chi connectivity index (χ4v) is 3.69. The summed E-state index contributed by atoms with van der Waals surface area (Å²) in [5.41, 5.74) is 1.76. The first-order chi connectivity index (χ1) is 13.1. The number of fused-ring (bicyclic) bond motifs is 1. The van der Waals surface area contributed by atoms with Gasteiger partial charge in [0.15, 0.2) is 4.96 Å². The minimum atomic E-state index is -0.341. The molecule has 0 radical (unpaired) electrons. The molecule has 0 aliphatic carbocycles. The van der Waals surface area contributed by atoms with Crippen LogP contribution in [-0.2, 0) is 6.54 Å². The molecular formula is C20H16FN3O2S. The van der Waals surface area contributed by atoms with E-state index in [-0.39, 0.29) is 18.3 Å². The predicted octanol–water partition coefficient (Wildman–Crippen LogP) is 4.14. The number of carbonyl (C=O) groups is 1. The zero-order valence-corrected chi connectivity index (χ0v) is 15.3. The maximum absolute atomic E-state index is 13.6. The summed E-state index contributed by atoms with van der Waals surface area (Å²) >= 11 is 1.48. The molecule has 0 bridgehead atoms. The fraction of sp³-hybridized carbons (Fsp3) is 0.100. The Morgan fingerprint density at radius 3 is 2.85 bits per heavy atom. The SMILES string of the molecule is COc1cccc(-c2cn3cc(C(=O)NCc4ccccc4F)nc3s2)c1. The molecule has 0 saturated carbocycles. The van der Waals surface area contributed by atoms with Crippen LogP contribution in [0.15, 0.2) is 60.9 Å². The van der Waals surface area contributed by atoms with Crippen molar-refractivity contribution < 1.29 is 13.9 Å². The Hall–Kier alpha value is -3.19. The van der Waals surface area contributed by atoms with Crippen molar-refractivity contribution >= 4 is 22.2 Å². The molecule has 0 atom stereocenters. The maximum Gasteiger partial charge on any atom is 0.271 e. The Morgan fingerprint density at radius 1 is 1.22 bits per heavy atom. The number of hydrogen-bond donors (Lipinski definition) is 1. The normalized spacial score (nSPS) is 10.9. The highest BCUT2D eigenvalue weighted by Crippen LogP contribution is 2.30. The summed E-state index contributed by atoms with van der Waals surface area (Å²) in [6.07, 6.45) is 3.60. The number of aromatic nitrogens is 2.